The van der Waals surface area contributed by atoms with E-state index in [4.69, 9.17) is 4.74 Å². The lowest BCUT2D eigenvalue weighted by atomic mass is 10.3. The minimum absolute atomic E-state index is 0.670. The molecule has 18 heavy (non-hydrogen) atoms. The van der Waals surface area contributed by atoms with Crippen LogP contribution in [0.15, 0.2) is 44.7 Å². The third kappa shape index (κ3) is 4.72. The molecule has 1 heterocycles. The predicted molar refractivity (Wildman–Crippen MR) is 83.4 cm³/mol. The highest BCUT2D eigenvalue weighted by atomic mass is 79.9. The fraction of sp³-hybridized carbons (Fsp3) is 0.231. The number of hydrogen-bond acceptors (Lipinski definition) is 3. The second-order valence-corrected chi connectivity index (χ2v) is 6.54. The van der Waals surface area contributed by atoms with Gasteiger partial charge in [-0.05, 0) is 40.2 Å². The molecule has 96 valence electrons. The monoisotopic (exact) mass is 389 g/mol. The van der Waals surface area contributed by atoms with Crippen molar-refractivity contribution in [1.29, 1.82) is 0 Å². The Labute approximate surface area is 128 Å². The van der Waals surface area contributed by atoms with E-state index >= 15 is 0 Å². The number of nitrogens with one attached hydrogen (secondary N) is 1. The predicted octanol–water partition coefficient (Wildman–Crippen LogP) is 4.44. The molecule has 0 amide bonds. The smallest absolute Gasteiger partial charge is 0.120 e. The third-order valence-electron chi connectivity index (χ3n) is 2.26. The molecule has 5 heteroatoms. The van der Waals surface area contributed by atoms with E-state index in [1.54, 1.807) is 11.3 Å². The number of rotatable bonds is 6. The van der Waals surface area contributed by atoms with Gasteiger partial charge >= 0.3 is 0 Å². The van der Waals surface area contributed by atoms with Gasteiger partial charge in [0.2, 0.25) is 0 Å². The van der Waals surface area contributed by atoms with E-state index in [2.05, 4.69) is 48.6 Å². The first kappa shape index (κ1) is 14.1. The Morgan fingerprint density at radius 3 is 2.78 bits per heavy atom. The quantitative estimate of drug-likeness (QED) is 0.736. The Hall–Kier alpha value is -0.360. The van der Waals surface area contributed by atoms with Crippen molar-refractivity contribution in [1.82, 2.24) is 5.32 Å². The van der Waals surface area contributed by atoms with Crippen LogP contribution in [-0.2, 0) is 6.54 Å². The molecule has 2 aromatic rings. The topological polar surface area (TPSA) is 21.3 Å². The SMILES string of the molecule is Brc1cccc(OCCNCc2cc(Br)cs2)c1. The second kappa shape index (κ2) is 7.28. The highest BCUT2D eigenvalue weighted by Gasteiger charge is 1.97. The Kier molecular flexibility index (Phi) is 5.69. The third-order valence-corrected chi connectivity index (χ3v) is 4.46. The van der Waals surface area contributed by atoms with Crippen LogP contribution in [0.1, 0.15) is 4.88 Å². The van der Waals surface area contributed by atoms with Crippen LogP contribution in [0.4, 0.5) is 0 Å². The van der Waals surface area contributed by atoms with Crippen LogP contribution >= 0.6 is 43.2 Å². The van der Waals surface area contributed by atoms with E-state index in [-0.39, 0.29) is 0 Å². The summed E-state index contributed by atoms with van der Waals surface area (Å²) in [5.74, 6) is 0.894. The normalized spacial score (nSPS) is 10.6. The Morgan fingerprint density at radius 1 is 1.17 bits per heavy atom. The Bertz CT molecular complexity index is 501. The molecule has 0 fully saturated rings. The molecule has 1 aromatic carbocycles. The first-order valence-corrected chi connectivity index (χ1v) is 8.02. The average Bonchev–Trinajstić information content (AvgIpc) is 2.75. The molecule has 1 aromatic heterocycles. The van der Waals surface area contributed by atoms with Gasteiger partial charge in [-0.2, -0.15) is 0 Å². The maximum absolute atomic E-state index is 5.63. The van der Waals surface area contributed by atoms with Gasteiger partial charge in [-0.25, -0.2) is 0 Å². The van der Waals surface area contributed by atoms with Gasteiger partial charge in [0.25, 0.3) is 0 Å². The van der Waals surface area contributed by atoms with E-state index in [9.17, 15) is 0 Å². The molecular weight excluding hydrogens is 378 g/mol. The zero-order chi connectivity index (χ0) is 12.8. The average molecular weight is 391 g/mol. The van der Waals surface area contributed by atoms with Gasteiger partial charge in [0.15, 0.2) is 0 Å². The molecular formula is C13H13Br2NOS. The van der Waals surface area contributed by atoms with E-state index in [0.717, 1.165) is 27.8 Å². The molecule has 0 aliphatic rings. The number of benzene rings is 1. The van der Waals surface area contributed by atoms with Crippen molar-refractivity contribution in [3.8, 4) is 5.75 Å². The minimum Gasteiger partial charge on any atom is -0.492 e. The molecule has 0 atom stereocenters. The van der Waals surface area contributed by atoms with Crippen molar-refractivity contribution in [2.24, 2.45) is 0 Å². The summed E-state index contributed by atoms with van der Waals surface area (Å²) in [7, 11) is 0. The van der Waals surface area contributed by atoms with Gasteiger partial charge < -0.3 is 10.1 Å². The zero-order valence-corrected chi connectivity index (χ0v) is 13.6. The largest absolute Gasteiger partial charge is 0.492 e. The molecule has 0 saturated heterocycles. The number of thiophene rings is 1. The molecule has 2 rings (SSSR count). The number of ether oxygens (including phenoxy) is 1. The molecule has 0 saturated carbocycles. The maximum Gasteiger partial charge on any atom is 0.120 e. The summed E-state index contributed by atoms with van der Waals surface area (Å²) in [6, 6.07) is 10.0. The Balaban J connectivity index is 1.64. The van der Waals surface area contributed by atoms with Crippen molar-refractivity contribution >= 4 is 43.2 Å². The summed E-state index contributed by atoms with van der Waals surface area (Å²) in [4.78, 5) is 1.32. The summed E-state index contributed by atoms with van der Waals surface area (Å²) < 4.78 is 7.82. The van der Waals surface area contributed by atoms with Crippen molar-refractivity contribution in [2.45, 2.75) is 6.54 Å². The lowest BCUT2D eigenvalue weighted by Crippen LogP contribution is -2.20. The summed E-state index contributed by atoms with van der Waals surface area (Å²) in [6.07, 6.45) is 0. The van der Waals surface area contributed by atoms with Crippen LogP contribution in [0.5, 0.6) is 5.75 Å². The van der Waals surface area contributed by atoms with Crippen molar-refractivity contribution < 1.29 is 4.74 Å². The minimum atomic E-state index is 0.670. The second-order valence-electron chi connectivity index (χ2n) is 3.71. The van der Waals surface area contributed by atoms with Gasteiger partial charge in [0.1, 0.15) is 12.4 Å². The highest BCUT2D eigenvalue weighted by Crippen LogP contribution is 2.19. The van der Waals surface area contributed by atoms with Gasteiger partial charge in [-0.1, -0.05) is 22.0 Å². The molecule has 2 nitrogen and oxygen atoms in total. The molecule has 0 aliphatic heterocycles. The number of halogens is 2. The van der Waals surface area contributed by atoms with E-state index in [1.807, 2.05) is 24.3 Å². The van der Waals surface area contributed by atoms with Crippen LogP contribution in [0.3, 0.4) is 0 Å². The molecule has 0 aliphatic carbocycles. The van der Waals surface area contributed by atoms with Crippen LogP contribution in [0.25, 0.3) is 0 Å². The van der Waals surface area contributed by atoms with Crippen molar-refractivity contribution in [2.75, 3.05) is 13.2 Å². The van der Waals surface area contributed by atoms with Crippen molar-refractivity contribution in [3.63, 3.8) is 0 Å². The van der Waals surface area contributed by atoms with Gasteiger partial charge in [-0.15, -0.1) is 11.3 Å². The standard InChI is InChI=1S/C13H13Br2NOS/c14-10-2-1-3-12(6-10)17-5-4-16-8-13-7-11(15)9-18-13/h1-3,6-7,9,16H,4-5,8H2. The van der Waals surface area contributed by atoms with E-state index < -0.39 is 0 Å². The fourth-order valence-electron chi connectivity index (χ4n) is 1.46. The summed E-state index contributed by atoms with van der Waals surface area (Å²) in [5, 5.41) is 5.45. The van der Waals surface area contributed by atoms with Crippen LogP contribution in [0.2, 0.25) is 0 Å². The van der Waals surface area contributed by atoms with Crippen LogP contribution in [-0.4, -0.2) is 13.2 Å². The van der Waals surface area contributed by atoms with E-state index in [0.29, 0.717) is 6.61 Å². The molecule has 0 unspecified atom stereocenters. The van der Waals surface area contributed by atoms with Gasteiger partial charge in [-0.3, -0.25) is 0 Å². The summed E-state index contributed by atoms with van der Waals surface area (Å²) in [5.41, 5.74) is 0. The first-order valence-electron chi connectivity index (χ1n) is 5.56. The van der Waals surface area contributed by atoms with E-state index in [1.165, 1.54) is 4.88 Å². The Morgan fingerprint density at radius 2 is 2.06 bits per heavy atom. The van der Waals surface area contributed by atoms with Gasteiger partial charge in [0, 0.05) is 32.3 Å². The lowest BCUT2D eigenvalue weighted by molar-refractivity contribution is 0.313. The van der Waals surface area contributed by atoms with Crippen molar-refractivity contribution in [3.05, 3.63) is 49.5 Å². The summed E-state index contributed by atoms with van der Waals surface area (Å²) in [6.45, 7) is 2.39. The van der Waals surface area contributed by atoms with Crippen LogP contribution in [0, 0.1) is 0 Å². The first-order chi connectivity index (χ1) is 8.74. The molecule has 0 radical (unpaired) electrons. The maximum atomic E-state index is 5.63. The molecule has 0 spiro atoms. The van der Waals surface area contributed by atoms with Crippen LogP contribution < -0.4 is 10.1 Å². The highest BCUT2D eigenvalue weighted by molar-refractivity contribution is 9.10. The summed E-state index contributed by atoms with van der Waals surface area (Å²) >= 11 is 8.61. The molecule has 1 N–H and O–H groups in total. The fourth-order valence-corrected chi connectivity index (χ4v) is 3.25. The van der Waals surface area contributed by atoms with Gasteiger partial charge in [0.05, 0.1) is 0 Å². The lowest BCUT2D eigenvalue weighted by Gasteiger charge is -2.07. The molecule has 0 bridgehead atoms. The number of hydrogen-bond donors (Lipinski definition) is 1. The zero-order valence-electron chi connectivity index (χ0n) is 9.66.